The van der Waals surface area contributed by atoms with Crippen molar-refractivity contribution in [1.82, 2.24) is 0 Å². The Hall–Kier alpha value is -2.82. The number of benzene rings is 1. The van der Waals surface area contributed by atoms with Gasteiger partial charge in [-0.2, -0.15) is 5.26 Å². The molecule has 1 aromatic carbocycles. The van der Waals surface area contributed by atoms with Crippen LogP contribution in [0.3, 0.4) is 0 Å². The maximum Gasteiger partial charge on any atom is 0.272 e. The molecule has 0 aliphatic rings. The number of carbonyl (C=O) groups is 1. The monoisotopic (exact) mass is 351 g/mol. The second kappa shape index (κ2) is 6.96. The molecule has 9 heteroatoms. The second-order valence-corrected chi connectivity index (χ2v) is 5.00. The molecular weight excluding hydrogens is 345 g/mol. The van der Waals surface area contributed by atoms with E-state index in [4.69, 9.17) is 32.9 Å². The zero-order valence-corrected chi connectivity index (χ0v) is 12.8. The van der Waals surface area contributed by atoms with Crippen LogP contribution in [0.4, 0.5) is 11.4 Å². The zero-order chi connectivity index (χ0) is 17.0. The van der Waals surface area contributed by atoms with Crippen LogP contribution in [0.15, 0.2) is 40.5 Å². The molecule has 23 heavy (non-hydrogen) atoms. The van der Waals surface area contributed by atoms with E-state index in [9.17, 15) is 14.9 Å². The van der Waals surface area contributed by atoms with Gasteiger partial charge < -0.3 is 9.73 Å². The summed E-state index contributed by atoms with van der Waals surface area (Å²) in [5, 5.41) is 21.9. The first-order valence-electron chi connectivity index (χ1n) is 6.02. The van der Waals surface area contributed by atoms with Crippen LogP contribution in [0.1, 0.15) is 5.76 Å². The van der Waals surface area contributed by atoms with E-state index in [0.717, 1.165) is 12.1 Å². The van der Waals surface area contributed by atoms with E-state index in [1.54, 1.807) is 18.2 Å². The third-order valence-electron chi connectivity index (χ3n) is 2.67. The largest absolute Gasteiger partial charge is 0.465 e. The Balaban J connectivity index is 2.30. The number of nitro benzene ring substituents is 1. The van der Waals surface area contributed by atoms with Crippen molar-refractivity contribution >= 4 is 46.6 Å². The molecule has 0 fully saturated rings. The Bertz CT molecular complexity index is 815. The molecule has 1 amide bonds. The minimum atomic E-state index is -0.776. The van der Waals surface area contributed by atoms with Crippen LogP contribution in [0.5, 0.6) is 0 Å². The average Bonchev–Trinajstić information content (AvgIpc) is 3.00. The predicted molar refractivity (Wildman–Crippen MR) is 84.0 cm³/mol. The first kappa shape index (κ1) is 16.5. The topological polar surface area (TPSA) is 109 Å². The number of furan rings is 1. The number of non-ortho nitro benzene ring substituents is 1. The summed E-state index contributed by atoms with van der Waals surface area (Å²) in [6, 6.07) is 6.98. The van der Waals surface area contributed by atoms with Crippen molar-refractivity contribution in [2.75, 3.05) is 5.32 Å². The normalized spacial score (nSPS) is 10.9. The van der Waals surface area contributed by atoms with E-state index < -0.39 is 10.8 Å². The third-order valence-corrected chi connectivity index (χ3v) is 3.27. The van der Waals surface area contributed by atoms with Crippen LogP contribution in [-0.2, 0) is 4.79 Å². The van der Waals surface area contributed by atoms with E-state index in [1.807, 2.05) is 0 Å². The van der Waals surface area contributed by atoms with E-state index in [-0.39, 0.29) is 27.0 Å². The fourth-order valence-corrected chi connectivity index (χ4v) is 2.20. The number of hydrogen-bond acceptors (Lipinski definition) is 5. The summed E-state index contributed by atoms with van der Waals surface area (Å²) in [5.41, 5.74) is -0.584. The number of nitrogens with zero attached hydrogens (tertiary/aromatic N) is 2. The highest BCUT2D eigenvalue weighted by atomic mass is 35.5. The minimum Gasteiger partial charge on any atom is -0.465 e. The lowest BCUT2D eigenvalue weighted by Gasteiger charge is -2.08. The van der Waals surface area contributed by atoms with Crippen LogP contribution < -0.4 is 5.32 Å². The van der Waals surface area contributed by atoms with Crippen molar-refractivity contribution in [3.05, 3.63) is 62.0 Å². The number of nitro groups is 1. The van der Waals surface area contributed by atoms with Crippen LogP contribution in [0.2, 0.25) is 10.0 Å². The first-order valence-corrected chi connectivity index (χ1v) is 6.78. The summed E-state index contributed by atoms with van der Waals surface area (Å²) < 4.78 is 5.02. The molecule has 0 unspecified atom stereocenters. The van der Waals surface area contributed by atoms with Gasteiger partial charge in [0.1, 0.15) is 17.4 Å². The summed E-state index contributed by atoms with van der Waals surface area (Å²) in [7, 11) is 0. The average molecular weight is 352 g/mol. The Morgan fingerprint density at radius 1 is 1.39 bits per heavy atom. The van der Waals surface area contributed by atoms with Crippen molar-refractivity contribution in [3.63, 3.8) is 0 Å². The molecule has 0 spiro atoms. The Morgan fingerprint density at radius 3 is 2.52 bits per heavy atom. The van der Waals surface area contributed by atoms with Crippen LogP contribution >= 0.6 is 23.2 Å². The fourth-order valence-electron chi connectivity index (χ4n) is 1.63. The van der Waals surface area contributed by atoms with E-state index in [2.05, 4.69) is 5.32 Å². The zero-order valence-electron chi connectivity index (χ0n) is 11.2. The molecule has 2 aromatic rings. The van der Waals surface area contributed by atoms with Gasteiger partial charge in [-0.25, -0.2) is 0 Å². The smallest absolute Gasteiger partial charge is 0.272 e. The van der Waals surface area contributed by atoms with E-state index in [0.29, 0.717) is 5.76 Å². The van der Waals surface area contributed by atoms with Crippen LogP contribution in [0.25, 0.3) is 6.08 Å². The molecule has 0 atom stereocenters. The van der Waals surface area contributed by atoms with Gasteiger partial charge in [0.25, 0.3) is 11.6 Å². The lowest BCUT2D eigenvalue weighted by molar-refractivity contribution is -0.384. The number of carbonyl (C=O) groups excluding carboxylic acids is 1. The molecule has 0 aliphatic heterocycles. The number of amides is 1. The van der Waals surface area contributed by atoms with Crippen molar-refractivity contribution in [2.24, 2.45) is 0 Å². The predicted octanol–water partition coefficient (Wildman–Crippen LogP) is 4.04. The summed E-state index contributed by atoms with van der Waals surface area (Å²) in [6.07, 6.45) is 2.63. The lowest BCUT2D eigenvalue weighted by atomic mass is 10.2. The van der Waals surface area contributed by atoms with Gasteiger partial charge in [0.15, 0.2) is 0 Å². The molecule has 0 radical (unpaired) electrons. The third kappa shape index (κ3) is 3.88. The number of hydrogen-bond donors (Lipinski definition) is 1. The molecule has 1 heterocycles. The highest BCUT2D eigenvalue weighted by Gasteiger charge is 2.18. The summed E-state index contributed by atoms with van der Waals surface area (Å²) in [5.74, 6) is -0.459. The molecule has 0 saturated carbocycles. The summed E-state index contributed by atoms with van der Waals surface area (Å²) >= 11 is 11.8. The Morgan fingerprint density at radius 2 is 2.04 bits per heavy atom. The summed E-state index contributed by atoms with van der Waals surface area (Å²) in [6.45, 7) is 0. The molecular formula is C14H7Cl2N3O4. The first-order chi connectivity index (χ1) is 10.9. The minimum absolute atomic E-state index is 0.0236. The fraction of sp³-hybridized carbons (Fsp3) is 0. The molecule has 1 aromatic heterocycles. The van der Waals surface area contributed by atoms with Gasteiger partial charge in [-0.15, -0.1) is 0 Å². The van der Waals surface area contributed by atoms with Crippen LogP contribution in [0, 0.1) is 21.4 Å². The molecule has 1 N–H and O–H groups in total. The van der Waals surface area contributed by atoms with Crippen LogP contribution in [-0.4, -0.2) is 10.8 Å². The van der Waals surface area contributed by atoms with Crippen molar-refractivity contribution in [2.45, 2.75) is 0 Å². The van der Waals surface area contributed by atoms with Gasteiger partial charge in [0.2, 0.25) is 0 Å². The van der Waals surface area contributed by atoms with E-state index >= 15 is 0 Å². The maximum absolute atomic E-state index is 12.1. The van der Waals surface area contributed by atoms with Gasteiger partial charge in [0.05, 0.1) is 26.9 Å². The highest BCUT2D eigenvalue weighted by molar-refractivity contribution is 6.40. The number of rotatable bonds is 4. The SMILES string of the molecule is N#C/C(=C\c1ccco1)C(=O)Nc1c(Cl)cc([N+](=O)[O-])cc1Cl. The van der Waals surface area contributed by atoms with Crippen molar-refractivity contribution in [3.8, 4) is 6.07 Å². The Kier molecular flexibility index (Phi) is 5.01. The lowest BCUT2D eigenvalue weighted by Crippen LogP contribution is -2.14. The molecule has 0 saturated heterocycles. The van der Waals surface area contributed by atoms with Gasteiger partial charge >= 0.3 is 0 Å². The molecule has 0 bridgehead atoms. The molecule has 7 nitrogen and oxygen atoms in total. The second-order valence-electron chi connectivity index (χ2n) is 4.18. The number of halogens is 2. The highest BCUT2D eigenvalue weighted by Crippen LogP contribution is 2.34. The van der Waals surface area contributed by atoms with Crippen molar-refractivity contribution in [1.29, 1.82) is 5.26 Å². The standard InChI is InChI=1S/C14H7Cl2N3O4/c15-11-5-9(19(21)22)6-12(16)13(11)18-14(20)8(7-17)4-10-2-1-3-23-10/h1-6H,(H,18,20)/b8-4+. The van der Waals surface area contributed by atoms with Crippen molar-refractivity contribution < 1.29 is 14.1 Å². The Labute approximate surface area is 139 Å². The molecule has 116 valence electrons. The molecule has 0 aliphatic carbocycles. The molecule has 2 rings (SSSR count). The van der Waals surface area contributed by atoms with E-state index in [1.165, 1.54) is 12.3 Å². The number of anilines is 1. The summed E-state index contributed by atoms with van der Waals surface area (Å²) in [4.78, 5) is 22.1. The van der Waals surface area contributed by atoms with Gasteiger partial charge in [-0.3, -0.25) is 14.9 Å². The quantitative estimate of drug-likeness (QED) is 0.386. The maximum atomic E-state index is 12.1. The van der Waals surface area contributed by atoms with Gasteiger partial charge in [-0.1, -0.05) is 23.2 Å². The number of nitrogens with one attached hydrogen (secondary N) is 1. The van der Waals surface area contributed by atoms with Gasteiger partial charge in [0, 0.05) is 18.2 Å². The number of nitriles is 1. The van der Waals surface area contributed by atoms with Gasteiger partial charge in [-0.05, 0) is 12.1 Å².